The molecular formula is C16H12ClN5O2S. The molecule has 3 aromatic rings. The number of nitrogens with one attached hydrogen (secondary N) is 1. The number of thioether (sulfide) groups is 1. The molecule has 4 rings (SSSR count). The number of carbonyl (C=O) groups excluding carboxylic acids is 2. The van der Waals surface area contributed by atoms with Crippen LogP contribution in [0, 0.1) is 6.92 Å². The van der Waals surface area contributed by atoms with Crippen LogP contribution in [0.15, 0.2) is 29.6 Å². The van der Waals surface area contributed by atoms with Gasteiger partial charge in [0, 0.05) is 16.9 Å². The van der Waals surface area contributed by atoms with Crippen LogP contribution in [0.2, 0.25) is 5.02 Å². The Morgan fingerprint density at radius 2 is 2.24 bits per heavy atom. The molecule has 7 nitrogen and oxygen atoms in total. The second kappa shape index (κ2) is 6.12. The molecule has 1 aliphatic heterocycles. The number of nitrogens with zero attached hydrogens (tertiary/aromatic N) is 4. The van der Waals surface area contributed by atoms with Crippen molar-refractivity contribution in [1.29, 1.82) is 0 Å². The van der Waals surface area contributed by atoms with Gasteiger partial charge in [-0.1, -0.05) is 23.4 Å². The standard InChI is InChI=1S/C16H12ClN5O2S/c1-8-2-15(22-16(20-8)18-7-19-22)25-6-13(23)10-3-9-4-14(24)21-12(9)5-11(10)17/h2-3,5,7H,4,6H2,1H3,(H,21,24). The summed E-state index contributed by atoms with van der Waals surface area (Å²) in [5.41, 5.74) is 2.69. The average molecular weight is 374 g/mol. The van der Waals surface area contributed by atoms with Gasteiger partial charge in [-0.15, -0.1) is 0 Å². The van der Waals surface area contributed by atoms with Crippen molar-refractivity contribution in [3.63, 3.8) is 0 Å². The monoisotopic (exact) mass is 373 g/mol. The first kappa shape index (κ1) is 16.0. The number of carbonyl (C=O) groups is 2. The number of rotatable bonds is 4. The first-order valence-corrected chi connectivity index (χ1v) is 8.83. The van der Waals surface area contributed by atoms with E-state index in [0.29, 0.717) is 22.1 Å². The van der Waals surface area contributed by atoms with Gasteiger partial charge in [0.05, 0.1) is 17.2 Å². The number of hydrogen-bond donors (Lipinski definition) is 1. The minimum atomic E-state index is -0.111. The lowest BCUT2D eigenvalue weighted by molar-refractivity contribution is -0.115. The van der Waals surface area contributed by atoms with Gasteiger partial charge in [-0.3, -0.25) is 9.59 Å². The van der Waals surface area contributed by atoms with Crippen molar-refractivity contribution < 1.29 is 9.59 Å². The predicted octanol–water partition coefficient (Wildman–Crippen LogP) is 2.56. The second-order valence-corrected chi connectivity index (χ2v) is 7.04. The van der Waals surface area contributed by atoms with Gasteiger partial charge in [0.25, 0.3) is 5.78 Å². The highest BCUT2D eigenvalue weighted by molar-refractivity contribution is 7.99. The molecule has 1 N–H and O–H groups in total. The fraction of sp³-hybridized carbons (Fsp3) is 0.188. The van der Waals surface area contributed by atoms with Crippen LogP contribution in [0.4, 0.5) is 5.69 Å². The Morgan fingerprint density at radius 1 is 1.40 bits per heavy atom. The molecule has 2 aromatic heterocycles. The number of Topliss-reactive ketones (excluding diaryl/α,β-unsaturated/α-hetero) is 1. The van der Waals surface area contributed by atoms with Crippen LogP contribution in [0.3, 0.4) is 0 Å². The van der Waals surface area contributed by atoms with E-state index in [-0.39, 0.29) is 23.9 Å². The SMILES string of the molecule is Cc1cc(SCC(=O)c2cc3c(cc2Cl)NC(=O)C3)n2ncnc2n1. The summed E-state index contributed by atoms with van der Waals surface area (Å²) >= 11 is 7.56. The molecule has 0 fully saturated rings. The zero-order valence-corrected chi connectivity index (χ0v) is 14.7. The Labute approximate surface area is 151 Å². The topological polar surface area (TPSA) is 89.2 Å². The third-order valence-corrected chi connectivity index (χ3v) is 5.12. The minimum absolute atomic E-state index is 0.0918. The van der Waals surface area contributed by atoms with Crippen molar-refractivity contribution in [2.75, 3.05) is 11.1 Å². The molecule has 25 heavy (non-hydrogen) atoms. The van der Waals surface area contributed by atoms with Gasteiger partial charge in [0.1, 0.15) is 11.4 Å². The molecule has 0 saturated carbocycles. The summed E-state index contributed by atoms with van der Waals surface area (Å²) in [5, 5.41) is 7.96. The molecule has 126 valence electrons. The molecule has 9 heteroatoms. The van der Waals surface area contributed by atoms with Crippen molar-refractivity contribution in [2.24, 2.45) is 0 Å². The van der Waals surface area contributed by atoms with E-state index in [0.717, 1.165) is 16.3 Å². The van der Waals surface area contributed by atoms with Crippen LogP contribution in [-0.4, -0.2) is 37.0 Å². The van der Waals surface area contributed by atoms with Gasteiger partial charge in [-0.05, 0) is 30.7 Å². The van der Waals surface area contributed by atoms with Crippen LogP contribution >= 0.6 is 23.4 Å². The van der Waals surface area contributed by atoms with E-state index >= 15 is 0 Å². The van der Waals surface area contributed by atoms with Gasteiger partial charge in [-0.25, -0.2) is 4.98 Å². The number of amides is 1. The lowest BCUT2D eigenvalue weighted by Crippen LogP contribution is -2.06. The number of hydrogen-bond acceptors (Lipinski definition) is 6. The van der Waals surface area contributed by atoms with Crippen LogP contribution < -0.4 is 5.32 Å². The molecule has 0 atom stereocenters. The fourth-order valence-electron chi connectivity index (χ4n) is 2.68. The summed E-state index contributed by atoms with van der Waals surface area (Å²) in [6.45, 7) is 1.86. The molecule has 0 saturated heterocycles. The number of fused-ring (bicyclic) bond motifs is 2. The maximum atomic E-state index is 12.6. The first-order valence-electron chi connectivity index (χ1n) is 7.47. The molecule has 3 heterocycles. The van der Waals surface area contributed by atoms with E-state index in [1.807, 2.05) is 13.0 Å². The number of halogens is 1. The van der Waals surface area contributed by atoms with E-state index in [1.165, 1.54) is 18.1 Å². The molecule has 1 aromatic carbocycles. The summed E-state index contributed by atoms with van der Waals surface area (Å²) < 4.78 is 1.60. The predicted molar refractivity (Wildman–Crippen MR) is 94.4 cm³/mol. The second-order valence-electron chi connectivity index (χ2n) is 5.63. The first-order chi connectivity index (χ1) is 12.0. The maximum Gasteiger partial charge on any atom is 0.253 e. The van der Waals surface area contributed by atoms with E-state index in [4.69, 9.17) is 11.6 Å². The van der Waals surface area contributed by atoms with E-state index in [1.54, 1.807) is 16.6 Å². The molecule has 1 amide bonds. The van der Waals surface area contributed by atoms with Crippen LogP contribution in [-0.2, 0) is 11.2 Å². The third kappa shape index (κ3) is 2.98. The highest BCUT2D eigenvalue weighted by Gasteiger charge is 2.22. The molecular weight excluding hydrogens is 362 g/mol. The van der Waals surface area contributed by atoms with Crippen molar-refractivity contribution in [3.05, 3.63) is 46.4 Å². The van der Waals surface area contributed by atoms with E-state index in [9.17, 15) is 9.59 Å². The highest BCUT2D eigenvalue weighted by atomic mass is 35.5. The lowest BCUT2D eigenvalue weighted by atomic mass is 10.1. The van der Waals surface area contributed by atoms with Crippen molar-refractivity contribution in [1.82, 2.24) is 19.6 Å². The largest absolute Gasteiger partial charge is 0.325 e. The quantitative estimate of drug-likeness (QED) is 0.429. The van der Waals surface area contributed by atoms with Gasteiger partial charge >= 0.3 is 0 Å². The van der Waals surface area contributed by atoms with Crippen molar-refractivity contribution in [2.45, 2.75) is 18.4 Å². The van der Waals surface area contributed by atoms with Crippen LogP contribution in [0.5, 0.6) is 0 Å². The Kier molecular flexibility index (Phi) is 3.93. The van der Waals surface area contributed by atoms with E-state index in [2.05, 4.69) is 20.4 Å². The van der Waals surface area contributed by atoms with Gasteiger partial charge in [0.15, 0.2) is 5.78 Å². The van der Waals surface area contributed by atoms with Crippen LogP contribution in [0.25, 0.3) is 5.78 Å². The molecule has 0 bridgehead atoms. The Bertz CT molecular complexity index is 1030. The summed E-state index contributed by atoms with van der Waals surface area (Å²) in [4.78, 5) is 32.4. The summed E-state index contributed by atoms with van der Waals surface area (Å²) in [7, 11) is 0. The smallest absolute Gasteiger partial charge is 0.253 e. The summed E-state index contributed by atoms with van der Waals surface area (Å²) in [6, 6.07) is 5.18. The molecule has 0 unspecified atom stereocenters. The number of ketones is 1. The molecule has 1 aliphatic rings. The molecule has 0 spiro atoms. The number of aromatic nitrogens is 4. The number of aryl methyl sites for hydroxylation is 1. The minimum Gasteiger partial charge on any atom is -0.325 e. The van der Waals surface area contributed by atoms with E-state index < -0.39 is 0 Å². The highest BCUT2D eigenvalue weighted by Crippen LogP contribution is 2.31. The molecule has 0 aliphatic carbocycles. The van der Waals surface area contributed by atoms with Crippen LogP contribution in [0.1, 0.15) is 21.6 Å². The maximum absolute atomic E-state index is 12.6. The zero-order valence-electron chi connectivity index (χ0n) is 13.1. The van der Waals surface area contributed by atoms with Gasteiger partial charge < -0.3 is 5.32 Å². The average Bonchev–Trinajstić information content (AvgIpc) is 3.16. The normalized spacial score (nSPS) is 13.1. The lowest BCUT2D eigenvalue weighted by Gasteiger charge is -2.08. The summed E-state index contributed by atoms with van der Waals surface area (Å²) in [6.07, 6.45) is 1.69. The Morgan fingerprint density at radius 3 is 3.08 bits per heavy atom. The molecule has 0 radical (unpaired) electrons. The Hall–Kier alpha value is -2.45. The Balaban J connectivity index is 1.58. The van der Waals surface area contributed by atoms with Gasteiger partial charge in [0.2, 0.25) is 5.91 Å². The van der Waals surface area contributed by atoms with Gasteiger partial charge in [-0.2, -0.15) is 14.6 Å². The zero-order chi connectivity index (χ0) is 17.6. The number of benzene rings is 1. The fourth-order valence-corrected chi connectivity index (χ4v) is 3.89. The number of anilines is 1. The summed E-state index contributed by atoms with van der Waals surface area (Å²) in [5.74, 6) is 0.485. The van der Waals surface area contributed by atoms with Crippen molar-refractivity contribution >= 4 is 46.5 Å². The van der Waals surface area contributed by atoms with Crippen molar-refractivity contribution in [3.8, 4) is 0 Å². The third-order valence-electron chi connectivity index (χ3n) is 3.82.